The van der Waals surface area contributed by atoms with Crippen molar-refractivity contribution in [3.05, 3.63) is 39.9 Å². The van der Waals surface area contributed by atoms with Crippen LogP contribution in [0.2, 0.25) is 0 Å². The normalized spacial score (nSPS) is 11.4. The maximum atomic E-state index is 11.4. The van der Waals surface area contributed by atoms with E-state index in [4.69, 9.17) is 10.8 Å². The Kier molecular flexibility index (Phi) is 5.59. The lowest BCUT2D eigenvalue weighted by Crippen LogP contribution is -2.33. The van der Waals surface area contributed by atoms with Gasteiger partial charge in [-0.05, 0) is 12.1 Å². The number of Topliss-reactive ketones (excluding diaryl/α,β-unsaturated/α-hetero) is 1. The number of nitrogens with two attached hydrogens (primary N) is 1. The van der Waals surface area contributed by atoms with Crippen LogP contribution in [-0.2, 0) is 0 Å². The van der Waals surface area contributed by atoms with E-state index in [2.05, 4.69) is 0 Å². The maximum absolute atomic E-state index is 11.4. The Balaban J connectivity index is 0.00000225. The third kappa shape index (κ3) is 3.27. The molecule has 0 aliphatic heterocycles. The van der Waals surface area contributed by atoms with Crippen LogP contribution in [0.15, 0.2) is 24.3 Å². The molecule has 1 aromatic rings. The predicted molar refractivity (Wildman–Crippen MR) is 59.7 cm³/mol. The quantitative estimate of drug-likeness (QED) is 0.458. The minimum atomic E-state index is -0.980. The molecule has 16 heavy (non-hydrogen) atoms. The van der Waals surface area contributed by atoms with E-state index < -0.39 is 23.4 Å². The van der Waals surface area contributed by atoms with Crippen molar-refractivity contribution in [2.45, 2.75) is 6.04 Å². The van der Waals surface area contributed by atoms with Crippen molar-refractivity contribution in [2.75, 3.05) is 6.61 Å². The molecule has 1 aromatic carbocycles. The van der Waals surface area contributed by atoms with Crippen molar-refractivity contribution in [2.24, 2.45) is 5.73 Å². The number of carbonyl (C=O) groups is 1. The maximum Gasteiger partial charge on any atom is 0.269 e. The number of aliphatic hydroxyl groups excluding tert-OH is 1. The summed E-state index contributed by atoms with van der Waals surface area (Å²) in [6, 6.07) is 4.09. The summed E-state index contributed by atoms with van der Waals surface area (Å²) in [4.78, 5) is 21.2. The second-order valence-electron chi connectivity index (χ2n) is 2.96. The molecule has 0 radical (unpaired) electrons. The average Bonchev–Trinajstić information content (AvgIpc) is 2.27. The lowest BCUT2D eigenvalue weighted by atomic mass is 10.1. The molecule has 0 heterocycles. The highest BCUT2D eigenvalue weighted by atomic mass is 35.5. The number of nitro benzene ring substituents is 1. The van der Waals surface area contributed by atoms with Crippen LogP contribution < -0.4 is 5.73 Å². The van der Waals surface area contributed by atoms with Crippen LogP contribution in [0.1, 0.15) is 10.4 Å². The number of halogens is 1. The van der Waals surface area contributed by atoms with Gasteiger partial charge in [-0.25, -0.2) is 0 Å². The van der Waals surface area contributed by atoms with Crippen LogP contribution in [0.25, 0.3) is 0 Å². The largest absolute Gasteiger partial charge is 0.394 e. The smallest absolute Gasteiger partial charge is 0.269 e. The summed E-state index contributed by atoms with van der Waals surface area (Å²) in [5.41, 5.74) is 5.47. The first kappa shape index (κ1) is 14.5. The molecule has 1 unspecified atom stereocenters. The molecule has 0 aliphatic rings. The second-order valence-corrected chi connectivity index (χ2v) is 2.96. The van der Waals surface area contributed by atoms with Crippen LogP contribution in [0.5, 0.6) is 0 Å². The van der Waals surface area contributed by atoms with E-state index in [0.717, 1.165) is 0 Å². The van der Waals surface area contributed by atoms with Crippen molar-refractivity contribution in [3.63, 3.8) is 0 Å². The number of rotatable bonds is 4. The van der Waals surface area contributed by atoms with Crippen molar-refractivity contribution in [1.82, 2.24) is 0 Å². The summed E-state index contributed by atoms with van der Waals surface area (Å²) in [6.07, 6.45) is 0. The van der Waals surface area contributed by atoms with Crippen LogP contribution in [0.3, 0.4) is 0 Å². The van der Waals surface area contributed by atoms with Crippen LogP contribution in [0.4, 0.5) is 5.69 Å². The molecule has 6 nitrogen and oxygen atoms in total. The molecule has 88 valence electrons. The highest BCUT2D eigenvalue weighted by molar-refractivity contribution is 6.00. The number of benzene rings is 1. The van der Waals surface area contributed by atoms with E-state index in [1.807, 2.05) is 0 Å². The number of hydrogen-bond acceptors (Lipinski definition) is 5. The Bertz CT molecular complexity index is 380. The molecule has 0 saturated carbocycles. The van der Waals surface area contributed by atoms with Crippen molar-refractivity contribution < 1.29 is 14.8 Å². The summed E-state index contributed by atoms with van der Waals surface area (Å²) in [7, 11) is 0. The van der Waals surface area contributed by atoms with Gasteiger partial charge in [0.15, 0.2) is 5.78 Å². The standard InChI is InChI=1S/C9H10N2O4.ClH/c10-8(5-12)9(13)6-1-3-7(4-2-6)11(14)15;/h1-4,8,12H,5,10H2;1H. The molecule has 1 rings (SSSR count). The highest BCUT2D eigenvalue weighted by Crippen LogP contribution is 2.12. The number of nitrogens with zero attached hydrogens (tertiary/aromatic N) is 1. The van der Waals surface area contributed by atoms with Crippen LogP contribution in [0, 0.1) is 10.1 Å². The van der Waals surface area contributed by atoms with Crippen LogP contribution in [-0.4, -0.2) is 28.5 Å². The Hall–Kier alpha value is -1.50. The topological polar surface area (TPSA) is 106 Å². The number of non-ortho nitro benzene ring substituents is 1. The van der Waals surface area contributed by atoms with E-state index in [0.29, 0.717) is 0 Å². The lowest BCUT2D eigenvalue weighted by Gasteiger charge is -2.05. The second kappa shape index (κ2) is 6.16. The molecule has 0 aromatic heterocycles. The molecule has 0 fully saturated rings. The van der Waals surface area contributed by atoms with Gasteiger partial charge < -0.3 is 10.8 Å². The van der Waals surface area contributed by atoms with Gasteiger partial charge in [-0.15, -0.1) is 12.4 Å². The van der Waals surface area contributed by atoms with Gasteiger partial charge in [0, 0.05) is 17.7 Å². The van der Waals surface area contributed by atoms with Crippen molar-refractivity contribution >= 4 is 23.9 Å². The molecule has 0 saturated heterocycles. The van der Waals surface area contributed by atoms with Crippen LogP contribution >= 0.6 is 12.4 Å². The molecule has 0 spiro atoms. The fourth-order valence-electron chi connectivity index (χ4n) is 1.04. The molecule has 7 heteroatoms. The number of hydrogen-bond donors (Lipinski definition) is 2. The third-order valence-corrected chi connectivity index (χ3v) is 1.90. The summed E-state index contributed by atoms with van der Waals surface area (Å²) >= 11 is 0. The van der Waals surface area contributed by atoms with E-state index in [1.165, 1.54) is 24.3 Å². The fraction of sp³-hybridized carbons (Fsp3) is 0.222. The average molecular weight is 247 g/mol. The van der Waals surface area contributed by atoms with E-state index in [1.54, 1.807) is 0 Å². The first-order chi connectivity index (χ1) is 7.06. The SMILES string of the molecule is Cl.NC(CO)C(=O)c1ccc([N+](=O)[O-])cc1. The third-order valence-electron chi connectivity index (χ3n) is 1.90. The summed E-state index contributed by atoms with van der Waals surface area (Å²) in [6.45, 7) is -0.449. The number of aliphatic hydroxyl groups is 1. The summed E-state index contributed by atoms with van der Waals surface area (Å²) in [5, 5.41) is 19.0. The summed E-state index contributed by atoms with van der Waals surface area (Å²) < 4.78 is 0. The molecule has 0 bridgehead atoms. The number of nitro groups is 1. The number of ketones is 1. The zero-order valence-electron chi connectivity index (χ0n) is 8.20. The molecule has 0 aliphatic carbocycles. The Morgan fingerprint density at radius 3 is 2.31 bits per heavy atom. The van der Waals surface area contributed by atoms with Crippen molar-refractivity contribution in [3.8, 4) is 0 Å². The van der Waals surface area contributed by atoms with Gasteiger partial charge in [0.1, 0.15) is 0 Å². The predicted octanol–water partition coefficient (Wildman–Crippen LogP) is 0.519. The van der Waals surface area contributed by atoms with E-state index in [9.17, 15) is 14.9 Å². The Labute approximate surface area is 97.6 Å². The molecule has 3 N–H and O–H groups in total. The minimum absolute atomic E-state index is 0. The van der Waals surface area contributed by atoms with Gasteiger partial charge in [0.2, 0.25) is 0 Å². The van der Waals surface area contributed by atoms with Crippen molar-refractivity contribution in [1.29, 1.82) is 0 Å². The minimum Gasteiger partial charge on any atom is -0.394 e. The molecule has 1 atom stereocenters. The monoisotopic (exact) mass is 246 g/mol. The first-order valence-corrected chi connectivity index (χ1v) is 4.21. The Morgan fingerprint density at radius 2 is 1.94 bits per heavy atom. The van der Waals surface area contributed by atoms with Gasteiger partial charge in [-0.2, -0.15) is 0 Å². The molecule has 0 amide bonds. The van der Waals surface area contributed by atoms with Gasteiger partial charge in [-0.3, -0.25) is 14.9 Å². The Morgan fingerprint density at radius 1 is 1.44 bits per heavy atom. The van der Waals surface area contributed by atoms with E-state index in [-0.39, 0.29) is 23.7 Å². The first-order valence-electron chi connectivity index (χ1n) is 4.21. The lowest BCUT2D eigenvalue weighted by molar-refractivity contribution is -0.384. The highest BCUT2D eigenvalue weighted by Gasteiger charge is 2.15. The zero-order valence-corrected chi connectivity index (χ0v) is 9.02. The van der Waals surface area contributed by atoms with Gasteiger partial charge in [-0.1, -0.05) is 0 Å². The molecular formula is C9H11ClN2O4. The number of carbonyl (C=O) groups excluding carboxylic acids is 1. The van der Waals surface area contributed by atoms with E-state index >= 15 is 0 Å². The zero-order chi connectivity index (χ0) is 11.4. The van der Waals surface area contributed by atoms with Gasteiger partial charge >= 0.3 is 0 Å². The van der Waals surface area contributed by atoms with Gasteiger partial charge in [0.25, 0.3) is 5.69 Å². The van der Waals surface area contributed by atoms with Gasteiger partial charge in [0.05, 0.1) is 17.6 Å². The molecular weight excluding hydrogens is 236 g/mol. The summed E-state index contributed by atoms with van der Waals surface area (Å²) in [5.74, 6) is -0.438. The fourth-order valence-corrected chi connectivity index (χ4v) is 1.04.